The molecule has 0 unspecified atom stereocenters. The van der Waals surface area contributed by atoms with Gasteiger partial charge in [-0.15, -0.1) is 0 Å². The number of likely N-dealkylation sites (N-methyl/N-ethyl adjacent to an activating group) is 1. The Balaban J connectivity index is 3.24. The molecule has 0 heterocycles. The normalized spacial score (nSPS) is 13.8. The van der Waals surface area contributed by atoms with E-state index in [4.69, 9.17) is 5.39 Å². The third-order valence-corrected chi connectivity index (χ3v) is 5.27. The summed E-state index contributed by atoms with van der Waals surface area (Å²) in [5.41, 5.74) is -0.225. The van der Waals surface area contributed by atoms with Gasteiger partial charge >= 0.3 is 6.20 Å². The number of hydrogen-bond acceptors (Lipinski definition) is 6. The molecule has 1 rings (SSSR count). The SMILES string of the molecule is CC(C)C[C@@H](/C(O)=C/[N+]#N)N(C)S(=O)(=O)c1ccc([N+](=O)[O-])cc1. The highest BCUT2D eigenvalue weighted by Crippen LogP contribution is 2.25. The van der Waals surface area contributed by atoms with E-state index in [1.165, 1.54) is 7.05 Å². The molecule has 0 amide bonds. The Labute approximate surface area is 140 Å². The van der Waals surface area contributed by atoms with Gasteiger partial charge in [0.15, 0.2) is 10.7 Å². The molecule has 0 radical (unpaired) electrons. The maximum absolute atomic E-state index is 12.7. The fraction of sp³-hybridized carbons (Fsp3) is 0.429. The largest absolute Gasteiger partial charge is 0.504 e. The molecule has 0 aromatic heterocycles. The minimum atomic E-state index is -4.00. The van der Waals surface area contributed by atoms with E-state index in [-0.39, 0.29) is 16.5 Å². The first kappa shape index (κ1) is 19.5. The maximum Gasteiger partial charge on any atom is 0.389 e. The van der Waals surface area contributed by atoms with Gasteiger partial charge in [0.05, 0.1) is 15.9 Å². The molecule has 0 spiro atoms. The zero-order valence-corrected chi connectivity index (χ0v) is 14.3. The average molecular weight is 355 g/mol. The fourth-order valence-electron chi connectivity index (χ4n) is 2.12. The molecule has 24 heavy (non-hydrogen) atoms. The Kier molecular flexibility index (Phi) is 6.39. The summed E-state index contributed by atoms with van der Waals surface area (Å²) in [7, 11) is -2.72. The van der Waals surface area contributed by atoms with Crippen molar-refractivity contribution in [1.29, 1.82) is 5.39 Å². The lowest BCUT2D eigenvalue weighted by molar-refractivity contribution is -0.384. The van der Waals surface area contributed by atoms with Gasteiger partial charge in [-0.1, -0.05) is 13.8 Å². The molecule has 10 heteroatoms. The van der Waals surface area contributed by atoms with Crippen molar-refractivity contribution in [3.63, 3.8) is 0 Å². The molecule has 9 nitrogen and oxygen atoms in total. The first-order valence-corrected chi connectivity index (χ1v) is 8.51. The third kappa shape index (κ3) is 4.50. The Morgan fingerprint density at radius 3 is 2.38 bits per heavy atom. The lowest BCUT2D eigenvalue weighted by Gasteiger charge is -2.27. The van der Waals surface area contributed by atoms with Gasteiger partial charge in [-0.3, -0.25) is 10.1 Å². The number of nitro benzene ring substituents is 1. The Morgan fingerprint density at radius 2 is 1.96 bits per heavy atom. The number of non-ortho nitro benzene ring substituents is 1. The van der Waals surface area contributed by atoms with Crippen molar-refractivity contribution in [1.82, 2.24) is 4.31 Å². The molecule has 0 bridgehead atoms. The molecule has 1 atom stereocenters. The minimum Gasteiger partial charge on any atom is -0.504 e. The van der Waals surface area contributed by atoms with Gasteiger partial charge in [-0.2, -0.15) is 4.31 Å². The molecule has 0 aliphatic rings. The van der Waals surface area contributed by atoms with E-state index in [9.17, 15) is 23.6 Å². The van der Waals surface area contributed by atoms with Crippen LogP contribution in [0.15, 0.2) is 41.1 Å². The van der Waals surface area contributed by atoms with Crippen LogP contribution in [0, 0.1) is 21.4 Å². The standard InChI is InChI=1S/C14H18N4O5S/c1-10(2)8-13(14(19)9-16-15)17(3)24(22,23)12-6-4-11(5-7-12)18(20)21/h4-7,9-10,13H,8H2,1-3H3/p+1/b14-9-/t13-/m0/s1. The second-order valence-electron chi connectivity index (χ2n) is 5.59. The van der Waals surface area contributed by atoms with Crippen LogP contribution < -0.4 is 0 Å². The lowest BCUT2D eigenvalue weighted by Crippen LogP contribution is -2.39. The topological polar surface area (TPSA) is 129 Å². The average Bonchev–Trinajstić information content (AvgIpc) is 2.52. The molecular weight excluding hydrogens is 336 g/mol. The predicted molar refractivity (Wildman–Crippen MR) is 87.1 cm³/mol. The van der Waals surface area contributed by atoms with Crippen molar-refractivity contribution >= 4 is 15.7 Å². The summed E-state index contributed by atoms with van der Waals surface area (Å²) < 4.78 is 26.3. The van der Waals surface area contributed by atoms with E-state index in [0.717, 1.165) is 34.8 Å². The van der Waals surface area contributed by atoms with Crippen LogP contribution in [0.4, 0.5) is 5.69 Å². The quantitative estimate of drug-likeness (QED) is 0.346. The predicted octanol–water partition coefficient (Wildman–Crippen LogP) is 2.88. The number of aliphatic hydroxyl groups excluding tert-OH is 1. The van der Waals surface area contributed by atoms with E-state index in [0.29, 0.717) is 6.42 Å². The highest BCUT2D eigenvalue weighted by molar-refractivity contribution is 7.89. The number of diazo groups is 1. The number of sulfonamides is 1. The summed E-state index contributed by atoms with van der Waals surface area (Å²) >= 11 is 0. The van der Waals surface area contributed by atoms with E-state index in [1.807, 2.05) is 13.8 Å². The Morgan fingerprint density at radius 1 is 1.42 bits per heavy atom. The maximum atomic E-state index is 12.7. The summed E-state index contributed by atoms with van der Waals surface area (Å²) in [5.74, 6) is -0.349. The van der Waals surface area contributed by atoms with Gasteiger partial charge in [0.25, 0.3) is 5.69 Å². The summed E-state index contributed by atoms with van der Waals surface area (Å²) in [4.78, 5) is 12.6. The minimum absolute atomic E-state index is 0.0544. The second-order valence-corrected chi connectivity index (χ2v) is 7.58. The second kappa shape index (κ2) is 7.85. The summed E-state index contributed by atoms with van der Waals surface area (Å²) in [5, 5.41) is 29.2. The Bertz CT molecular complexity index is 765. The van der Waals surface area contributed by atoms with Crippen LogP contribution in [0.3, 0.4) is 0 Å². The zero-order valence-electron chi connectivity index (χ0n) is 13.5. The Hall–Kier alpha value is -2.51. The number of nitrogens with zero attached hydrogens (tertiary/aromatic N) is 4. The van der Waals surface area contributed by atoms with Crippen molar-refractivity contribution in [3.05, 3.63) is 51.3 Å². The van der Waals surface area contributed by atoms with Gasteiger partial charge in [-0.25, -0.2) is 8.42 Å². The smallest absolute Gasteiger partial charge is 0.389 e. The van der Waals surface area contributed by atoms with Crippen LogP contribution in [0.1, 0.15) is 20.3 Å². The number of nitro groups is 1. The summed E-state index contributed by atoms with van der Waals surface area (Å²) in [6, 6.07) is 3.52. The first-order chi connectivity index (χ1) is 11.1. The van der Waals surface area contributed by atoms with Crippen LogP contribution in [-0.4, -0.2) is 35.8 Å². The number of benzene rings is 1. The van der Waals surface area contributed by atoms with E-state index < -0.39 is 26.7 Å². The van der Waals surface area contributed by atoms with E-state index in [2.05, 4.69) is 4.98 Å². The van der Waals surface area contributed by atoms with Crippen LogP contribution in [0.2, 0.25) is 0 Å². The van der Waals surface area contributed by atoms with Crippen molar-refractivity contribution in [3.8, 4) is 0 Å². The van der Waals surface area contributed by atoms with Crippen LogP contribution in [0.5, 0.6) is 0 Å². The van der Waals surface area contributed by atoms with Gasteiger partial charge in [0.2, 0.25) is 15.4 Å². The molecule has 0 fully saturated rings. The molecule has 0 aliphatic heterocycles. The zero-order chi connectivity index (χ0) is 18.5. The number of hydrogen-bond donors (Lipinski definition) is 1. The molecule has 0 saturated heterocycles. The molecule has 1 N–H and O–H groups in total. The fourth-order valence-corrected chi connectivity index (χ4v) is 3.46. The monoisotopic (exact) mass is 355 g/mol. The molecule has 130 valence electrons. The van der Waals surface area contributed by atoms with Crippen LogP contribution in [-0.2, 0) is 10.0 Å². The molecule has 1 aromatic rings. The number of rotatable bonds is 7. The van der Waals surface area contributed by atoms with Crippen LogP contribution in [0.25, 0.3) is 4.98 Å². The highest BCUT2D eigenvalue weighted by Gasteiger charge is 2.33. The van der Waals surface area contributed by atoms with Crippen LogP contribution >= 0.6 is 0 Å². The van der Waals surface area contributed by atoms with Gasteiger partial charge in [-0.05, 0) is 24.5 Å². The number of aliphatic hydroxyl groups is 1. The van der Waals surface area contributed by atoms with Crippen molar-refractivity contribution in [2.45, 2.75) is 31.2 Å². The van der Waals surface area contributed by atoms with Crippen molar-refractivity contribution < 1.29 is 18.4 Å². The van der Waals surface area contributed by atoms with Crippen molar-refractivity contribution in [2.75, 3.05) is 7.05 Å². The van der Waals surface area contributed by atoms with E-state index >= 15 is 0 Å². The summed E-state index contributed by atoms with van der Waals surface area (Å²) in [6.07, 6.45) is 1.06. The van der Waals surface area contributed by atoms with Gasteiger partial charge in [0, 0.05) is 19.2 Å². The highest BCUT2D eigenvalue weighted by atomic mass is 32.2. The summed E-state index contributed by atoms with van der Waals surface area (Å²) in [6.45, 7) is 3.70. The molecule has 0 aliphatic carbocycles. The molecule has 1 aromatic carbocycles. The first-order valence-electron chi connectivity index (χ1n) is 7.07. The molecular formula is C14H19N4O5S+. The van der Waals surface area contributed by atoms with Gasteiger partial charge < -0.3 is 5.11 Å². The van der Waals surface area contributed by atoms with Gasteiger partial charge in [0.1, 0.15) is 0 Å². The lowest BCUT2D eigenvalue weighted by atomic mass is 10.0. The third-order valence-electron chi connectivity index (χ3n) is 3.39. The van der Waals surface area contributed by atoms with E-state index in [1.54, 1.807) is 0 Å². The molecule has 0 saturated carbocycles. The van der Waals surface area contributed by atoms with Crippen molar-refractivity contribution in [2.24, 2.45) is 5.92 Å².